The molecule has 0 spiro atoms. The van der Waals surface area contributed by atoms with E-state index in [9.17, 15) is 0 Å². The molecule has 0 aromatic heterocycles. The van der Waals surface area contributed by atoms with Crippen molar-refractivity contribution in [2.45, 2.75) is 20.0 Å². The van der Waals surface area contributed by atoms with Crippen LogP contribution in [0.25, 0.3) is 0 Å². The molecule has 0 saturated heterocycles. The maximum atomic E-state index is 6.89. The van der Waals surface area contributed by atoms with Gasteiger partial charge in [0.1, 0.15) is 0 Å². The molecule has 0 aliphatic heterocycles. The minimum atomic E-state index is 0.0183. The van der Waals surface area contributed by atoms with E-state index >= 15 is 0 Å². The van der Waals surface area contributed by atoms with Crippen LogP contribution in [0.2, 0.25) is 0 Å². The van der Waals surface area contributed by atoms with Crippen molar-refractivity contribution < 1.29 is 6.11 Å². The lowest BCUT2D eigenvalue weighted by Crippen LogP contribution is -1.96. The Hall–Kier alpha value is -1.02. The van der Waals surface area contributed by atoms with Crippen molar-refractivity contribution in [1.29, 1.82) is 0 Å². The molecule has 0 fully saturated rings. The van der Waals surface area contributed by atoms with E-state index in [4.69, 9.17) is 6.11 Å². The highest BCUT2D eigenvalue weighted by Crippen LogP contribution is 2.18. The molecule has 0 radical (unpaired) electrons. The van der Waals surface area contributed by atoms with E-state index in [0.29, 0.717) is 6.61 Å². The highest BCUT2D eigenvalue weighted by molar-refractivity contribution is 5.52. The topological polar surface area (TPSA) is 21.3 Å². The van der Waals surface area contributed by atoms with Gasteiger partial charge in [-0.25, -0.2) is 0 Å². The predicted octanol–water partition coefficient (Wildman–Crippen LogP) is 2.44. The third kappa shape index (κ3) is 2.46. The molecule has 0 aliphatic carbocycles. The summed E-state index contributed by atoms with van der Waals surface area (Å²) in [7, 11) is 1.94. The van der Waals surface area contributed by atoms with Crippen LogP contribution in [0.5, 0.6) is 0 Å². The molecule has 0 saturated carbocycles. The van der Waals surface area contributed by atoms with Crippen LogP contribution < -0.4 is 5.32 Å². The molecule has 2 nitrogen and oxygen atoms in total. The molecule has 0 atom stereocenters. The molecule has 1 aromatic rings. The second-order valence-corrected chi connectivity index (χ2v) is 2.94. The van der Waals surface area contributed by atoms with Crippen molar-refractivity contribution in [1.82, 2.24) is 0 Å². The third-order valence-corrected chi connectivity index (χ3v) is 2.09. The van der Waals surface area contributed by atoms with Crippen LogP contribution >= 0.6 is 0 Å². The molecule has 0 unspecified atom stereocenters. The van der Waals surface area contributed by atoms with Crippen molar-refractivity contribution in [3.05, 3.63) is 29.3 Å². The average Bonchev–Trinajstić information content (AvgIpc) is 2.25. The van der Waals surface area contributed by atoms with Gasteiger partial charge < -0.3 is 10.1 Å². The van der Waals surface area contributed by atoms with Gasteiger partial charge in [-0.1, -0.05) is 19.1 Å². The SMILES string of the molecule is [2H]COCc1ccc(CC)c(NC)c1. The Kier molecular flexibility index (Phi) is 3.21. The van der Waals surface area contributed by atoms with Gasteiger partial charge in [-0.15, -0.1) is 0 Å². The van der Waals surface area contributed by atoms with Crippen LogP contribution in [0.4, 0.5) is 5.69 Å². The molecule has 0 aliphatic rings. The summed E-state index contributed by atoms with van der Waals surface area (Å²) in [5, 5.41) is 3.16. The molecule has 1 aromatic carbocycles. The number of nitrogens with one attached hydrogen (secondary N) is 1. The molecule has 0 bridgehead atoms. The Labute approximate surface area is 81.3 Å². The zero-order valence-corrected chi connectivity index (χ0v) is 8.26. The van der Waals surface area contributed by atoms with Crippen LogP contribution in [0.1, 0.15) is 19.4 Å². The highest BCUT2D eigenvalue weighted by Gasteiger charge is 1.99. The lowest BCUT2D eigenvalue weighted by atomic mass is 10.1. The standard InChI is InChI=1S/C11H17NO/c1-4-10-6-5-9(8-13-3)7-11(10)12-2/h5-7,12H,4,8H2,1-3H3/i3D. The molecule has 2 heteroatoms. The van der Waals surface area contributed by atoms with Gasteiger partial charge in [0.15, 0.2) is 0 Å². The summed E-state index contributed by atoms with van der Waals surface area (Å²) < 4.78 is 11.9. The molecular formula is C11H17NO. The number of aryl methyl sites for hydroxylation is 1. The fourth-order valence-electron chi connectivity index (χ4n) is 1.37. The van der Waals surface area contributed by atoms with Gasteiger partial charge in [0.2, 0.25) is 0 Å². The van der Waals surface area contributed by atoms with Gasteiger partial charge in [0.25, 0.3) is 0 Å². The molecular weight excluding hydrogens is 162 g/mol. The van der Waals surface area contributed by atoms with E-state index in [1.165, 1.54) is 5.56 Å². The Morgan fingerprint density at radius 2 is 2.38 bits per heavy atom. The maximum absolute atomic E-state index is 6.89. The van der Waals surface area contributed by atoms with Gasteiger partial charge in [-0.05, 0) is 23.6 Å². The zero-order chi connectivity index (χ0) is 10.4. The Morgan fingerprint density at radius 1 is 1.54 bits per heavy atom. The quantitative estimate of drug-likeness (QED) is 0.768. The number of hydrogen-bond acceptors (Lipinski definition) is 2. The predicted molar refractivity (Wildman–Crippen MR) is 56.1 cm³/mol. The van der Waals surface area contributed by atoms with E-state index in [-0.39, 0.29) is 7.09 Å². The smallest absolute Gasteiger partial charge is 0.0713 e. The first-order chi connectivity index (χ1) is 6.81. The molecule has 72 valence electrons. The summed E-state index contributed by atoms with van der Waals surface area (Å²) in [6, 6.07) is 6.23. The van der Waals surface area contributed by atoms with E-state index in [0.717, 1.165) is 17.7 Å². The number of hydrogen-bond donors (Lipinski definition) is 1. The zero-order valence-electron chi connectivity index (χ0n) is 9.26. The summed E-state index contributed by atoms with van der Waals surface area (Å²) >= 11 is 0. The van der Waals surface area contributed by atoms with Gasteiger partial charge in [-0.3, -0.25) is 0 Å². The first-order valence-corrected chi connectivity index (χ1v) is 4.48. The van der Waals surface area contributed by atoms with Crippen LogP contribution in [-0.4, -0.2) is 14.1 Å². The van der Waals surface area contributed by atoms with Crippen molar-refractivity contribution in [3.8, 4) is 0 Å². The number of rotatable bonds is 4. The normalized spacial score (nSPS) is 11.1. The molecule has 1 rings (SSSR count). The van der Waals surface area contributed by atoms with Crippen LogP contribution in [0.15, 0.2) is 18.2 Å². The minimum absolute atomic E-state index is 0.0183. The first kappa shape index (κ1) is 8.57. The summed E-state index contributed by atoms with van der Waals surface area (Å²) in [6.45, 7) is 2.65. The summed E-state index contributed by atoms with van der Waals surface area (Å²) in [5.41, 5.74) is 3.57. The summed E-state index contributed by atoms with van der Waals surface area (Å²) in [4.78, 5) is 0. The molecule has 0 heterocycles. The van der Waals surface area contributed by atoms with Gasteiger partial charge >= 0.3 is 0 Å². The molecule has 0 amide bonds. The number of ether oxygens (including phenoxy) is 1. The fraction of sp³-hybridized carbons (Fsp3) is 0.455. The first-order valence-electron chi connectivity index (χ1n) is 5.19. The van der Waals surface area contributed by atoms with E-state index in [1.54, 1.807) is 0 Å². The van der Waals surface area contributed by atoms with Crippen molar-refractivity contribution in [2.75, 3.05) is 19.5 Å². The minimum Gasteiger partial charge on any atom is -0.388 e. The lowest BCUT2D eigenvalue weighted by molar-refractivity contribution is 0.185. The van der Waals surface area contributed by atoms with Gasteiger partial charge in [-0.2, -0.15) is 0 Å². The highest BCUT2D eigenvalue weighted by atomic mass is 16.5. The fourth-order valence-corrected chi connectivity index (χ4v) is 1.37. The van der Waals surface area contributed by atoms with Gasteiger partial charge in [0, 0.05) is 19.8 Å². The summed E-state index contributed by atoms with van der Waals surface area (Å²) in [6.07, 6.45) is 1.02. The Morgan fingerprint density at radius 3 is 3.00 bits per heavy atom. The van der Waals surface area contributed by atoms with Crippen LogP contribution in [0, 0.1) is 0 Å². The Bertz CT molecular complexity index is 289. The number of anilines is 1. The van der Waals surface area contributed by atoms with Crippen LogP contribution in [0.3, 0.4) is 0 Å². The van der Waals surface area contributed by atoms with Crippen molar-refractivity contribution >= 4 is 5.69 Å². The van der Waals surface area contributed by atoms with E-state index in [2.05, 4.69) is 30.4 Å². The maximum Gasteiger partial charge on any atom is 0.0713 e. The monoisotopic (exact) mass is 180 g/mol. The number of benzene rings is 1. The second kappa shape index (κ2) is 4.87. The van der Waals surface area contributed by atoms with E-state index in [1.807, 2.05) is 7.05 Å². The molecule has 1 N–H and O–H groups in total. The molecule has 13 heavy (non-hydrogen) atoms. The van der Waals surface area contributed by atoms with E-state index < -0.39 is 0 Å². The van der Waals surface area contributed by atoms with Crippen molar-refractivity contribution in [3.63, 3.8) is 0 Å². The van der Waals surface area contributed by atoms with Crippen molar-refractivity contribution in [2.24, 2.45) is 0 Å². The lowest BCUT2D eigenvalue weighted by Gasteiger charge is -2.09. The summed E-state index contributed by atoms with van der Waals surface area (Å²) in [5.74, 6) is 0. The van der Waals surface area contributed by atoms with Gasteiger partial charge in [0.05, 0.1) is 7.98 Å². The third-order valence-electron chi connectivity index (χ3n) is 2.09. The second-order valence-electron chi connectivity index (χ2n) is 2.94. The largest absolute Gasteiger partial charge is 0.388 e. The Balaban J connectivity index is 2.79. The number of methoxy groups -OCH3 is 1. The van der Waals surface area contributed by atoms with Crippen LogP contribution in [-0.2, 0) is 17.8 Å². The average molecular weight is 180 g/mol.